The summed E-state index contributed by atoms with van der Waals surface area (Å²) in [6.07, 6.45) is 8.49. The topological polar surface area (TPSA) is 35.5 Å². The Morgan fingerprint density at radius 3 is 2.52 bits per heavy atom. The molecule has 1 aromatic heterocycles. The van der Waals surface area contributed by atoms with Gasteiger partial charge >= 0.3 is 0 Å². The van der Waals surface area contributed by atoms with Gasteiger partial charge in [-0.05, 0) is 31.4 Å². The highest BCUT2D eigenvalue weighted by atomic mass is 15.3. The number of aromatic nitrogens is 2. The van der Waals surface area contributed by atoms with Gasteiger partial charge in [0.25, 0.3) is 0 Å². The Hall–Kier alpha value is -1.20. The van der Waals surface area contributed by atoms with Crippen LogP contribution in [0.3, 0.4) is 0 Å². The largest absolute Gasteiger partial charge is 0.338 e. The first-order valence-corrected chi connectivity index (χ1v) is 9.39. The average molecular weight is 315 g/mol. The lowest BCUT2D eigenvalue weighted by Crippen LogP contribution is -2.52. The van der Waals surface area contributed by atoms with Crippen molar-refractivity contribution in [1.29, 1.82) is 0 Å². The molecule has 3 heterocycles. The van der Waals surface area contributed by atoms with Gasteiger partial charge in [-0.1, -0.05) is 13.3 Å². The molecule has 2 fully saturated rings. The van der Waals surface area contributed by atoms with E-state index >= 15 is 0 Å². The van der Waals surface area contributed by atoms with E-state index in [-0.39, 0.29) is 0 Å². The first-order chi connectivity index (χ1) is 11.3. The Kier molecular flexibility index (Phi) is 4.49. The lowest BCUT2D eigenvalue weighted by molar-refractivity contribution is 0.120. The number of rotatable bonds is 3. The van der Waals surface area contributed by atoms with E-state index in [4.69, 9.17) is 9.97 Å². The van der Waals surface area contributed by atoms with Gasteiger partial charge in [-0.2, -0.15) is 0 Å². The summed E-state index contributed by atoms with van der Waals surface area (Å²) in [4.78, 5) is 17.2. The van der Waals surface area contributed by atoms with Crippen LogP contribution in [0.5, 0.6) is 0 Å². The van der Waals surface area contributed by atoms with E-state index in [0.717, 1.165) is 57.6 Å². The predicted octanol–water partition coefficient (Wildman–Crippen LogP) is 1.57. The standard InChI is InChI=1S/C18H29N5/c1-2-21-8-6-15-14-19-18(20-17(15)7-9-21)23-12-10-22(11-13-23)16-4-3-5-16/h14,16H,2-13H2,1H3. The third-order valence-corrected chi connectivity index (χ3v) is 5.94. The Morgan fingerprint density at radius 2 is 1.83 bits per heavy atom. The number of fused-ring (bicyclic) bond motifs is 1. The minimum absolute atomic E-state index is 0.866. The SMILES string of the molecule is CCN1CCc2cnc(N3CCN(C4CCC4)CC3)nc2CC1. The minimum Gasteiger partial charge on any atom is -0.338 e. The van der Waals surface area contributed by atoms with E-state index in [1.54, 1.807) is 0 Å². The zero-order valence-corrected chi connectivity index (χ0v) is 14.4. The van der Waals surface area contributed by atoms with Gasteiger partial charge in [-0.3, -0.25) is 4.90 Å². The predicted molar refractivity (Wildman–Crippen MR) is 93.0 cm³/mol. The van der Waals surface area contributed by atoms with Crippen LogP contribution in [0, 0.1) is 0 Å². The van der Waals surface area contributed by atoms with Crippen LogP contribution in [0.1, 0.15) is 37.4 Å². The first kappa shape index (κ1) is 15.3. The monoisotopic (exact) mass is 315 g/mol. The zero-order chi connectivity index (χ0) is 15.6. The molecule has 1 aliphatic carbocycles. The third kappa shape index (κ3) is 3.22. The van der Waals surface area contributed by atoms with Crippen molar-refractivity contribution in [2.45, 2.75) is 45.1 Å². The summed E-state index contributed by atoms with van der Waals surface area (Å²) in [5.74, 6) is 0.960. The van der Waals surface area contributed by atoms with Gasteiger partial charge < -0.3 is 9.80 Å². The summed E-state index contributed by atoms with van der Waals surface area (Å²) in [6, 6.07) is 0.866. The summed E-state index contributed by atoms with van der Waals surface area (Å²) >= 11 is 0. The minimum atomic E-state index is 0.866. The van der Waals surface area contributed by atoms with Crippen LogP contribution in [-0.4, -0.2) is 71.6 Å². The molecule has 4 rings (SSSR count). The summed E-state index contributed by atoms with van der Waals surface area (Å²) in [7, 11) is 0. The molecule has 0 amide bonds. The van der Waals surface area contributed by atoms with Crippen LogP contribution < -0.4 is 4.90 Å². The molecule has 0 spiro atoms. The van der Waals surface area contributed by atoms with E-state index in [2.05, 4.69) is 27.8 Å². The Bertz CT molecular complexity index is 534. The first-order valence-electron chi connectivity index (χ1n) is 9.39. The molecule has 0 unspecified atom stereocenters. The van der Waals surface area contributed by atoms with Crippen molar-refractivity contribution in [2.24, 2.45) is 0 Å². The van der Waals surface area contributed by atoms with Gasteiger partial charge in [0.1, 0.15) is 0 Å². The van der Waals surface area contributed by atoms with E-state index in [1.165, 1.54) is 43.6 Å². The highest BCUT2D eigenvalue weighted by molar-refractivity contribution is 5.34. The van der Waals surface area contributed by atoms with Crippen LogP contribution in [0.2, 0.25) is 0 Å². The highest BCUT2D eigenvalue weighted by Gasteiger charge is 2.28. The number of hydrogen-bond acceptors (Lipinski definition) is 5. The van der Waals surface area contributed by atoms with Crippen LogP contribution >= 0.6 is 0 Å². The summed E-state index contributed by atoms with van der Waals surface area (Å²) < 4.78 is 0. The van der Waals surface area contributed by atoms with Gasteiger partial charge in [0.05, 0.1) is 5.69 Å². The lowest BCUT2D eigenvalue weighted by Gasteiger charge is -2.43. The van der Waals surface area contributed by atoms with Crippen molar-refractivity contribution in [3.63, 3.8) is 0 Å². The molecule has 0 radical (unpaired) electrons. The van der Waals surface area contributed by atoms with Crippen LogP contribution in [0.4, 0.5) is 5.95 Å². The number of likely N-dealkylation sites (N-methyl/N-ethyl adjacent to an activating group) is 1. The maximum absolute atomic E-state index is 4.94. The molecule has 126 valence electrons. The molecule has 0 N–H and O–H groups in total. The highest BCUT2D eigenvalue weighted by Crippen LogP contribution is 2.26. The second-order valence-electron chi connectivity index (χ2n) is 7.18. The maximum Gasteiger partial charge on any atom is 0.225 e. The Balaban J connectivity index is 1.41. The van der Waals surface area contributed by atoms with Gasteiger partial charge in [-0.25, -0.2) is 9.97 Å². The molecule has 1 aromatic rings. The number of piperazine rings is 1. The molecular weight excluding hydrogens is 286 g/mol. The number of hydrogen-bond donors (Lipinski definition) is 0. The summed E-state index contributed by atoms with van der Waals surface area (Å²) in [5.41, 5.74) is 2.64. The zero-order valence-electron chi connectivity index (χ0n) is 14.4. The van der Waals surface area contributed by atoms with Crippen molar-refractivity contribution in [3.05, 3.63) is 17.5 Å². The second kappa shape index (κ2) is 6.73. The van der Waals surface area contributed by atoms with Crippen LogP contribution in [-0.2, 0) is 12.8 Å². The van der Waals surface area contributed by atoms with Crippen molar-refractivity contribution >= 4 is 5.95 Å². The lowest BCUT2D eigenvalue weighted by atomic mass is 9.91. The molecule has 1 saturated heterocycles. The van der Waals surface area contributed by atoms with Crippen molar-refractivity contribution < 1.29 is 0 Å². The molecule has 0 bridgehead atoms. The van der Waals surface area contributed by atoms with Gasteiger partial charge in [-0.15, -0.1) is 0 Å². The second-order valence-corrected chi connectivity index (χ2v) is 7.18. The normalized spacial score (nSPS) is 24.1. The molecular formula is C18H29N5. The molecule has 5 nitrogen and oxygen atoms in total. The van der Waals surface area contributed by atoms with E-state index in [9.17, 15) is 0 Å². The van der Waals surface area contributed by atoms with Gasteiger partial charge in [0.2, 0.25) is 5.95 Å². The van der Waals surface area contributed by atoms with Crippen molar-refractivity contribution in [2.75, 3.05) is 50.7 Å². The average Bonchev–Trinajstić information content (AvgIpc) is 2.75. The third-order valence-electron chi connectivity index (χ3n) is 5.94. The van der Waals surface area contributed by atoms with Crippen molar-refractivity contribution in [3.8, 4) is 0 Å². The molecule has 23 heavy (non-hydrogen) atoms. The fourth-order valence-corrected chi connectivity index (χ4v) is 4.02. The Labute approximate surface area is 139 Å². The number of nitrogens with zero attached hydrogens (tertiary/aromatic N) is 5. The molecule has 2 aliphatic heterocycles. The van der Waals surface area contributed by atoms with E-state index in [1.807, 2.05) is 0 Å². The van der Waals surface area contributed by atoms with Gasteiger partial charge in [0.15, 0.2) is 0 Å². The fourth-order valence-electron chi connectivity index (χ4n) is 4.02. The number of anilines is 1. The molecule has 0 aromatic carbocycles. The molecule has 1 saturated carbocycles. The quantitative estimate of drug-likeness (QED) is 0.846. The summed E-state index contributed by atoms with van der Waals surface area (Å²) in [5, 5.41) is 0. The fraction of sp³-hybridized carbons (Fsp3) is 0.778. The smallest absolute Gasteiger partial charge is 0.225 e. The van der Waals surface area contributed by atoms with Gasteiger partial charge in [0, 0.05) is 57.9 Å². The molecule has 5 heteroatoms. The molecule has 3 aliphatic rings. The van der Waals surface area contributed by atoms with E-state index in [0.29, 0.717) is 0 Å². The summed E-state index contributed by atoms with van der Waals surface area (Å²) in [6.45, 7) is 10.2. The van der Waals surface area contributed by atoms with Crippen LogP contribution in [0.25, 0.3) is 0 Å². The van der Waals surface area contributed by atoms with E-state index < -0.39 is 0 Å². The molecule has 0 atom stereocenters. The Morgan fingerprint density at radius 1 is 1.04 bits per heavy atom. The van der Waals surface area contributed by atoms with Crippen molar-refractivity contribution in [1.82, 2.24) is 19.8 Å². The van der Waals surface area contributed by atoms with Crippen LogP contribution in [0.15, 0.2) is 6.20 Å². The maximum atomic E-state index is 4.94.